The van der Waals surface area contributed by atoms with Crippen molar-refractivity contribution in [2.75, 3.05) is 11.9 Å². The average molecular weight is 384 g/mol. The first-order valence-electron chi connectivity index (χ1n) is 9.01. The minimum absolute atomic E-state index is 0.111. The Bertz CT molecular complexity index is 793. The minimum Gasteiger partial charge on any atom is -0.348 e. The zero-order chi connectivity index (χ0) is 19.6. The second-order valence-electron chi connectivity index (χ2n) is 6.20. The number of amides is 2. The predicted octanol–water partition coefficient (Wildman–Crippen LogP) is 3.64. The molecule has 2 rings (SSSR count). The lowest BCUT2D eigenvalue weighted by Gasteiger charge is -2.23. The molecule has 2 N–H and O–H groups in total. The highest BCUT2D eigenvalue weighted by molar-refractivity contribution is 7.80. The molecule has 0 saturated heterocycles. The van der Waals surface area contributed by atoms with Crippen molar-refractivity contribution < 1.29 is 9.59 Å². The van der Waals surface area contributed by atoms with E-state index in [1.165, 1.54) is 0 Å². The fourth-order valence-corrected chi connectivity index (χ4v) is 2.76. The number of nitrogens with zero attached hydrogens (tertiary/aromatic N) is 1. The number of anilines is 1. The van der Waals surface area contributed by atoms with Gasteiger partial charge in [-0.3, -0.25) is 9.59 Å². The fraction of sp³-hybridized carbons (Fsp3) is 0.286. The van der Waals surface area contributed by atoms with Gasteiger partial charge in [-0.05, 0) is 36.3 Å². The van der Waals surface area contributed by atoms with E-state index in [4.69, 9.17) is 12.2 Å². The monoisotopic (exact) mass is 383 g/mol. The molecule has 0 radical (unpaired) electrons. The summed E-state index contributed by atoms with van der Waals surface area (Å²) in [6.07, 6.45) is 2.20. The molecular formula is C21H25N3O2S. The SMILES string of the molecule is CCCCC(=O)NC(=S)N(C)c1ccccc1C(=O)NCc1ccccc1. The van der Waals surface area contributed by atoms with Crippen LogP contribution in [0.5, 0.6) is 0 Å². The molecule has 2 amide bonds. The van der Waals surface area contributed by atoms with Gasteiger partial charge >= 0.3 is 0 Å². The van der Waals surface area contributed by atoms with Gasteiger partial charge in [0.25, 0.3) is 5.91 Å². The summed E-state index contributed by atoms with van der Waals surface area (Å²) in [5.74, 6) is -0.305. The number of carbonyl (C=O) groups excluding carboxylic acids is 2. The van der Waals surface area contributed by atoms with Gasteiger partial charge in [0.2, 0.25) is 5.91 Å². The van der Waals surface area contributed by atoms with Crippen LogP contribution >= 0.6 is 12.2 Å². The van der Waals surface area contributed by atoms with Crippen molar-refractivity contribution in [3.05, 3.63) is 65.7 Å². The number of thiocarbonyl (C=S) groups is 1. The maximum atomic E-state index is 12.7. The van der Waals surface area contributed by atoms with E-state index in [9.17, 15) is 9.59 Å². The largest absolute Gasteiger partial charge is 0.348 e. The molecule has 142 valence electrons. The van der Waals surface area contributed by atoms with Gasteiger partial charge in [-0.15, -0.1) is 0 Å². The zero-order valence-electron chi connectivity index (χ0n) is 15.7. The van der Waals surface area contributed by atoms with E-state index in [1.807, 2.05) is 49.4 Å². The summed E-state index contributed by atoms with van der Waals surface area (Å²) in [5.41, 5.74) is 2.17. The lowest BCUT2D eigenvalue weighted by Crippen LogP contribution is -2.41. The van der Waals surface area contributed by atoms with Gasteiger partial charge in [-0.25, -0.2) is 0 Å². The van der Waals surface area contributed by atoms with Gasteiger partial charge in [-0.2, -0.15) is 0 Å². The van der Waals surface area contributed by atoms with Gasteiger partial charge in [-0.1, -0.05) is 55.8 Å². The number of carbonyl (C=O) groups is 2. The van der Waals surface area contributed by atoms with Crippen molar-refractivity contribution in [2.45, 2.75) is 32.7 Å². The standard InChI is InChI=1S/C21H25N3O2S/c1-3-4-14-19(25)23-21(27)24(2)18-13-9-8-12-17(18)20(26)22-15-16-10-6-5-7-11-16/h5-13H,3-4,14-15H2,1-2H3,(H,22,26)(H,23,25,27). The molecular weight excluding hydrogens is 358 g/mol. The van der Waals surface area contributed by atoms with Crippen molar-refractivity contribution in [2.24, 2.45) is 0 Å². The van der Waals surface area contributed by atoms with Crippen LogP contribution in [0.25, 0.3) is 0 Å². The maximum absolute atomic E-state index is 12.7. The summed E-state index contributed by atoms with van der Waals surface area (Å²) >= 11 is 5.34. The Labute approximate surface area is 165 Å². The number of para-hydroxylation sites is 1. The molecule has 2 aromatic rings. The third kappa shape index (κ3) is 6.18. The first kappa shape index (κ1) is 20.6. The minimum atomic E-state index is -0.193. The van der Waals surface area contributed by atoms with Crippen molar-refractivity contribution in [3.8, 4) is 0 Å². The summed E-state index contributed by atoms with van der Waals surface area (Å²) in [5, 5.41) is 5.92. The number of hydrogen-bond acceptors (Lipinski definition) is 3. The molecule has 2 aromatic carbocycles. The van der Waals surface area contributed by atoms with Crippen molar-refractivity contribution in [1.29, 1.82) is 0 Å². The van der Waals surface area contributed by atoms with Gasteiger partial charge in [0.15, 0.2) is 5.11 Å². The highest BCUT2D eigenvalue weighted by Crippen LogP contribution is 2.19. The molecule has 0 aromatic heterocycles. The lowest BCUT2D eigenvalue weighted by atomic mass is 10.1. The molecule has 0 aliphatic heterocycles. The van der Waals surface area contributed by atoms with Gasteiger partial charge in [0.1, 0.15) is 0 Å². The number of hydrogen-bond donors (Lipinski definition) is 2. The first-order valence-corrected chi connectivity index (χ1v) is 9.42. The van der Waals surface area contributed by atoms with E-state index in [2.05, 4.69) is 10.6 Å². The summed E-state index contributed by atoms with van der Waals surface area (Å²) in [7, 11) is 1.74. The van der Waals surface area contributed by atoms with E-state index in [0.29, 0.717) is 24.2 Å². The lowest BCUT2D eigenvalue weighted by molar-refractivity contribution is -0.119. The summed E-state index contributed by atoms with van der Waals surface area (Å²) < 4.78 is 0. The molecule has 0 heterocycles. The van der Waals surface area contributed by atoms with Crippen LogP contribution in [0.3, 0.4) is 0 Å². The Balaban J connectivity index is 2.06. The van der Waals surface area contributed by atoms with E-state index in [0.717, 1.165) is 18.4 Å². The van der Waals surface area contributed by atoms with Crippen LogP contribution in [-0.4, -0.2) is 24.0 Å². The van der Waals surface area contributed by atoms with E-state index < -0.39 is 0 Å². The normalized spacial score (nSPS) is 10.1. The first-order chi connectivity index (χ1) is 13.0. The van der Waals surface area contributed by atoms with Gasteiger partial charge < -0.3 is 15.5 Å². The quantitative estimate of drug-likeness (QED) is 0.717. The second-order valence-corrected chi connectivity index (χ2v) is 6.59. The topological polar surface area (TPSA) is 61.4 Å². The summed E-state index contributed by atoms with van der Waals surface area (Å²) in [6, 6.07) is 16.9. The van der Waals surface area contributed by atoms with Crippen molar-refractivity contribution in [3.63, 3.8) is 0 Å². The fourth-order valence-electron chi connectivity index (χ4n) is 2.54. The van der Waals surface area contributed by atoms with Crippen LogP contribution in [0.2, 0.25) is 0 Å². The van der Waals surface area contributed by atoms with Gasteiger partial charge in [0.05, 0.1) is 11.3 Å². The van der Waals surface area contributed by atoms with E-state index in [1.54, 1.807) is 24.1 Å². The molecule has 0 spiro atoms. The number of rotatable bonds is 7. The zero-order valence-corrected chi connectivity index (χ0v) is 16.5. The molecule has 0 fully saturated rings. The molecule has 27 heavy (non-hydrogen) atoms. The van der Waals surface area contributed by atoms with Crippen LogP contribution in [-0.2, 0) is 11.3 Å². The highest BCUT2D eigenvalue weighted by Gasteiger charge is 2.17. The Kier molecular flexibility index (Phi) is 7.95. The maximum Gasteiger partial charge on any atom is 0.253 e. The van der Waals surface area contributed by atoms with Crippen LogP contribution in [0.15, 0.2) is 54.6 Å². The van der Waals surface area contributed by atoms with Gasteiger partial charge in [0, 0.05) is 20.0 Å². The molecule has 0 atom stereocenters. The average Bonchev–Trinajstić information content (AvgIpc) is 2.70. The molecule has 0 bridgehead atoms. The Morgan fingerprint density at radius 3 is 2.41 bits per heavy atom. The molecule has 0 aliphatic rings. The third-order valence-corrected chi connectivity index (χ3v) is 4.49. The molecule has 0 aliphatic carbocycles. The number of nitrogens with one attached hydrogen (secondary N) is 2. The third-order valence-electron chi connectivity index (χ3n) is 4.11. The van der Waals surface area contributed by atoms with Crippen molar-refractivity contribution in [1.82, 2.24) is 10.6 Å². The molecule has 5 nitrogen and oxygen atoms in total. The number of unbranched alkanes of at least 4 members (excludes halogenated alkanes) is 1. The van der Waals surface area contributed by atoms with Crippen LogP contribution in [0, 0.1) is 0 Å². The Morgan fingerprint density at radius 2 is 1.70 bits per heavy atom. The Hall–Kier alpha value is -2.73. The van der Waals surface area contributed by atoms with Crippen LogP contribution < -0.4 is 15.5 Å². The smallest absolute Gasteiger partial charge is 0.253 e. The molecule has 0 saturated carbocycles. The summed E-state index contributed by atoms with van der Waals surface area (Å²) in [4.78, 5) is 26.2. The summed E-state index contributed by atoms with van der Waals surface area (Å²) in [6.45, 7) is 2.47. The predicted molar refractivity (Wildman–Crippen MR) is 113 cm³/mol. The molecule has 0 unspecified atom stereocenters. The van der Waals surface area contributed by atoms with Crippen LogP contribution in [0.4, 0.5) is 5.69 Å². The van der Waals surface area contributed by atoms with Crippen molar-refractivity contribution >= 4 is 34.8 Å². The Morgan fingerprint density at radius 1 is 1.04 bits per heavy atom. The molecule has 6 heteroatoms. The second kappa shape index (κ2) is 10.4. The van der Waals surface area contributed by atoms with E-state index >= 15 is 0 Å². The van der Waals surface area contributed by atoms with Crippen LogP contribution in [0.1, 0.15) is 42.1 Å². The number of benzene rings is 2. The highest BCUT2D eigenvalue weighted by atomic mass is 32.1. The van der Waals surface area contributed by atoms with E-state index in [-0.39, 0.29) is 16.9 Å².